The number of hydrogen-bond donors (Lipinski definition) is 1. The maximum absolute atomic E-state index is 5.66. The van der Waals surface area contributed by atoms with Crippen LogP contribution in [0.25, 0.3) is 0 Å². The van der Waals surface area contributed by atoms with Gasteiger partial charge in [0, 0.05) is 37.0 Å². The van der Waals surface area contributed by atoms with Crippen molar-refractivity contribution in [2.75, 3.05) is 6.61 Å². The van der Waals surface area contributed by atoms with E-state index in [1.807, 2.05) is 49.2 Å². The molecule has 0 aliphatic heterocycles. The SMILES string of the molecule is CCOc1ccccc1C(C)NCc1cnn(C)c1. The highest BCUT2D eigenvalue weighted by Crippen LogP contribution is 2.24. The summed E-state index contributed by atoms with van der Waals surface area (Å²) in [5.41, 5.74) is 2.37. The Morgan fingerprint density at radius 2 is 2.16 bits per heavy atom. The molecule has 102 valence electrons. The van der Waals surface area contributed by atoms with E-state index in [-0.39, 0.29) is 6.04 Å². The molecule has 0 spiro atoms. The minimum Gasteiger partial charge on any atom is -0.494 e. The molecule has 4 nitrogen and oxygen atoms in total. The van der Waals surface area contributed by atoms with E-state index in [0.29, 0.717) is 6.61 Å². The summed E-state index contributed by atoms with van der Waals surface area (Å²) in [6, 6.07) is 8.40. The normalized spacial score (nSPS) is 12.4. The number of nitrogens with one attached hydrogen (secondary N) is 1. The summed E-state index contributed by atoms with van der Waals surface area (Å²) in [5, 5.41) is 7.66. The minimum absolute atomic E-state index is 0.239. The molecular formula is C15H21N3O. The lowest BCUT2D eigenvalue weighted by Crippen LogP contribution is -2.18. The van der Waals surface area contributed by atoms with Crippen molar-refractivity contribution in [1.29, 1.82) is 0 Å². The molecule has 0 bridgehead atoms. The quantitative estimate of drug-likeness (QED) is 0.867. The van der Waals surface area contributed by atoms with E-state index >= 15 is 0 Å². The summed E-state index contributed by atoms with van der Waals surface area (Å²) in [5.74, 6) is 0.955. The van der Waals surface area contributed by atoms with E-state index in [2.05, 4.69) is 23.4 Å². The van der Waals surface area contributed by atoms with Crippen LogP contribution in [0.4, 0.5) is 0 Å². The zero-order valence-electron chi connectivity index (χ0n) is 11.8. The van der Waals surface area contributed by atoms with Crippen molar-refractivity contribution in [2.24, 2.45) is 7.05 Å². The molecule has 1 atom stereocenters. The zero-order chi connectivity index (χ0) is 13.7. The maximum atomic E-state index is 5.66. The Morgan fingerprint density at radius 3 is 2.84 bits per heavy atom. The van der Waals surface area contributed by atoms with Gasteiger partial charge < -0.3 is 10.1 Å². The predicted molar refractivity (Wildman–Crippen MR) is 76.1 cm³/mol. The third kappa shape index (κ3) is 3.58. The molecule has 0 fully saturated rings. The molecule has 1 N–H and O–H groups in total. The van der Waals surface area contributed by atoms with Gasteiger partial charge in [0.2, 0.25) is 0 Å². The molecule has 0 radical (unpaired) electrons. The van der Waals surface area contributed by atoms with Crippen molar-refractivity contribution >= 4 is 0 Å². The largest absolute Gasteiger partial charge is 0.494 e. The molecule has 1 aromatic carbocycles. The van der Waals surface area contributed by atoms with Gasteiger partial charge in [-0.1, -0.05) is 18.2 Å². The summed E-state index contributed by atoms with van der Waals surface area (Å²) in [6.45, 7) is 5.64. The lowest BCUT2D eigenvalue weighted by Gasteiger charge is -2.17. The standard InChI is InChI=1S/C15H21N3O/c1-4-19-15-8-6-5-7-14(15)12(2)16-9-13-10-17-18(3)11-13/h5-8,10-12,16H,4,9H2,1-3H3. The van der Waals surface area contributed by atoms with Gasteiger partial charge in [0.15, 0.2) is 0 Å². The average Bonchev–Trinajstić information content (AvgIpc) is 2.83. The number of benzene rings is 1. The van der Waals surface area contributed by atoms with Gasteiger partial charge in [-0.3, -0.25) is 4.68 Å². The van der Waals surface area contributed by atoms with Gasteiger partial charge in [0.05, 0.1) is 12.8 Å². The Morgan fingerprint density at radius 1 is 1.37 bits per heavy atom. The Balaban J connectivity index is 2.01. The van der Waals surface area contributed by atoms with Crippen molar-refractivity contribution in [3.8, 4) is 5.75 Å². The van der Waals surface area contributed by atoms with Crippen LogP contribution in [0.3, 0.4) is 0 Å². The zero-order valence-corrected chi connectivity index (χ0v) is 11.8. The van der Waals surface area contributed by atoms with Crippen LogP contribution in [-0.4, -0.2) is 16.4 Å². The maximum Gasteiger partial charge on any atom is 0.124 e. The Labute approximate surface area is 114 Å². The second-order valence-corrected chi connectivity index (χ2v) is 4.60. The lowest BCUT2D eigenvalue weighted by molar-refractivity contribution is 0.332. The summed E-state index contributed by atoms with van der Waals surface area (Å²) in [7, 11) is 1.93. The highest BCUT2D eigenvalue weighted by molar-refractivity contribution is 5.35. The van der Waals surface area contributed by atoms with Crippen LogP contribution in [0.5, 0.6) is 5.75 Å². The number of aromatic nitrogens is 2. The van der Waals surface area contributed by atoms with Crippen molar-refractivity contribution in [1.82, 2.24) is 15.1 Å². The molecular weight excluding hydrogens is 238 g/mol. The molecule has 0 aliphatic carbocycles. The van der Waals surface area contributed by atoms with E-state index in [9.17, 15) is 0 Å². The van der Waals surface area contributed by atoms with Crippen LogP contribution in [0.2, 0.25) is 0 Å². The number of aryl methyl sites for hydroxylation is 1. The van der Waals surface area contributed by atoms with E-state index in [1.165, 1.54) is 11.1 Å². The Hall–Kier alpha value is -1.81. The van der Waals surface area contributed by atoms with E-state index in [4.69, 9.17) is 4.74 Å². The molecule has 2 rings (SSSR count). The molecule has 0 aliphatic rings. The van der Waals surface area contributed by atoms with Crippen LogP contribution in [0.15, 0.2) is 36.7 Å². The predicted octanol–water partition coefficient (Wildman–Crippen LogP) is 2.67. The number of nitrogens with zero attached hydrogens (tertiary/aromatic N) is 2. The van der Waals surface area contributed by atoms with Crippen molar-refractivity contribution in [2.45, 2.75) is 26.4 Å². The Kier molecular flexibility index (Phi) is 4.58. The van der Waals surface area contributed by atoms with Crippen molar-refractivity contribution in [3.05, 3.63) is 47.8 Å². The summed E-state index contributed by atoms with van der Waals surface area (Å²) < 4.78 is 7.47. The molecule has 19 heavy (non-hydrogen) atoms. The second kappa shape index (κ2) is 6.38. The number of para-hydroxylation sites is 1. The highest BCUT2D eigenvalue weighted by atomic mass is 16.5. The molecule has 0 saturated carbocycles. The van der Waals surface area contributed by atoms with Crippen molar-refractivity contribution < 1.29 is 4.74 Å². The first-order valence-electron chi connectivity index (χ1n) is 6.63. The lowest BCUT2D eigenvalue weighted by atomic mass is 10.1. The molecule has 1 aromatic heterocycles. The van der Waals surface area contributed by atoms with Gasteiger partial charge in [0.25, 0.3) is 0 Å². The molecule has 4 heteroatoms. The van der Waals surface area contributed by atoms with E-state index in [1.54, 1.807) is 0 Å². The number of hydrogen-bond acceptors (Lipinski definition) is 3. The highest BCUT2D eigenvalue weighted by Gasteiger charge is 2.10. The van der Waals surface area contributed by atoms with Crippen LogP contribution in [-0.2, 0) is 13.6 Å². The number of ether oxygens (including phenoxy) is 1. The fraction of sp³-hybridized carbons (Fsp3) is 0.400. The third-order valence-electron chi connectivity index (χ3n) is 3.06. The molecule has 0 saturated heterocycles. The fourth-order valence-electron chi connectivity index (χ4n) is 2.07. The van der Waals surface area contributed by atoms with Crippen LogP contribution in [0.1, 0.15) is 31.0 Å². The van der Waals surface area contributed by atoms with Gasteiger partial charge in [-0.15, -0.1) is 0 Å². The first-order valence-corrected chi connectivity index (χ1v) is 6.63. The molecule has 1 unspecified atom stereocenters. The van der Waals surface area contributed by atoms with Gasteiger partial charge in [-0.2, -0.15) is 5.10 Å². The van der Waals surface area contributed by atoms with Crippen LogP contribution >= 0.6 is 0 Å². The van der Waals surface area contributed by atoms with Gasteiger partial charge >= 0.3 is 0 Å². The molecule has 1 heterocycles. The van der Waals surface area contributed by atoms with Gasteiger partial charge in [-0.25, -0.2) is 0 Å². The molecule has 0 amide bonds. The Bertz CT molecular complexity index is 522. The number of rotatable bonds is 6. The monoisotopic (exact) mass is 259 g/mol. The summed E-state index contributed by atoms with van der Waals surface area (Å²) in [4.78, 5) is 0. The summed E-state index contributed by atoms with van der Waals surface area (Å²) in [6.07, 6.45) is 3.91. The second-order valence-electron chi connectivity index (χ2n) is 4.60. The van der Waals surface area contributed by atoms with E-state index < -0.39 is 0 Å². The van der Waals surface area contributed by atoms with Crippen molar-refractivity contribution in [3.63, 3.8) is 0 Å². The summed E-state index contributed by atoms with van der Waals surface area (Å²) >= 11 is 0. The first-order chi connectivity index (χ1) is 9.20. The topological polar surface area (TPSA) is 39.1 Å². The smallest absolute Gasteiger partial charge is 0.124 e. The average molecular weight is 259 g/mol. The third-order valence-corrected chi connectivity index (χ3v) is 3.06. The van der Waals surface area contributed by atoms with Crippen LogP contribution in [0, 0.1) is 0 Å². The minimum atomic E-state index is 0.239. The van der Waals surface area contributed by atoms with Gasteiger partial charge in [0.1, 0.15) is 5.75 Å². The van der Waals surface area contributed by atoms with Gasteiger partial charge in [-0.05, 0) is 19.9 Å². The van der Waals surface area contributed by atoms with E-state index in [0.717, 1.165) is 12.3 Å². The first kappa shape index (κ1) is 13.6. The fourth-order valence-corrected chi connectivity index (χ4v) is 2.07. The molecule has 2 aromatic rings. The van der Waals surface area contributed by atoms with Crippen LogP contribution < -0.4 is 10.1 Å².